The molecule has 0 atom stereocenters. The highest BCUT2D eigenvalue weighted by Crippen LogP contribution is 2.29. The highest BCUT2D eigenvalue weighted by atomic mass is 35.5. The number of morpholine rings is 1. The van der Waals surface area contributed by atoms with E-state index in [1.54, 1.807) is 24.3 Å². The van der Waals surface area contributed by atoms with Crippen LogP contribution in [-0.4, -0.2) is 50.0 Å². The molecule has 0 unspecified atom stereocenters. The average Bonchev–Trinajstić information content (AvgIpc) is 2.73. The van der Waals surface area contributed by atoms with Crippen molar-refractivity contribution in [3.05, 3.63) is 62.1 Å². The first-order chi connectivity index (χ1) is 14.4. The van der Waals surface area contributed by atoms with Crippen molar-refractivity contribution < 1.29 is 19.2 Å². The van der Waals surface area contributed by atoms with Crippen LogP contribution in [0.5, 0.6) is 5.75 Å². The van der Waals surface area contributed by atoms with E-state index in [2.05, 4.69) is 10.5 Å². The van der Waals surface area contributed by atoms with E-state index in [1.165, 1.54) is 18.3 Å². The number of nitro benzene ring substituents is 1. The summed E-state index contributed by atoms with van der Waals surface area (Å²) < 4.78 is 10.6. The first-order valence-electron chi connectivity index (χ1n) is 8.95. The summed E-state index contributed by atoms with van der Waals surface area (Å²) in [5.74, 6) is -0.203. The summed E-state index contributed by atoms with van der Waals surface area (Å²) in [6.07, 6.45) is 1.32. The molecule has 0 spiro atoms. The van der Waals surface area contributed by atoms with Gasteiger partial charge in [0.15, 0.2) is 6.61 Å². The van der Waals surface area contributed by atoms with E-state index in [0.717, 1.165) is 0 Å². The lowest BCUT2D eigenvalue weighted by atomic mass is 10.1. The molecule has 1 aliphatic heterocycles. The highest BCUT2D eigenvalue weighted by Gasteiger charge is 2.21. The van der Waals surface area contributed by atoms with Crippen LogP contribution in [0, 0.1) is 10.1 Å². The molecule has 2 aromatic rings. The van der Waals surface area contributed by atoms with Gasteiger partial charge in [0.05, 0.1) is 29.4 Å². The zero-order valence-electron chi connectivity index (χ0n) is 15.7. The second kappa shape index (κ2) is 10.2. The van der Waals surface area contributed by atoms with E-state index in [4.69, 9.17) is 32.7 Å². The number of benzene rings is 2. The van der Waals surface area contributed by atoms with Crippen LogP contribution in [0.25, 0.3) is 0 Å². The normalized spacial score (nSPS) is 14.0. The number of hydrogen-bond acceptors (Lipinski definition) is 7. The molecular formula is C19H18Cl2N4O5. The van der Waals surface area contributed by atoms with Gasteiger partial charge >= 0.3 is 0 Å². The van der Waals surface area contributed by atoms with Crippen molar-refractivity contribution >= 4 is 46.7 Å². The van der Waals surface area contributed by atoms with E-state index in [0.29, 0.717) is 48.3 Å². The fourth-order valence-electron chi connectivity index (χ4n) is 2.79. The number of nitrogens with one attached hydrogen (secondary N) is 1. The monoisotopic (exact) mass is 452 g/mol. The van der Waals surface area contributed by atoms with E-state index < -0.39 is 10.8 Å². The largest absolute Gasteiger partial charge is 0.482 e. The van der Waals surface area contributed by atoms with Crippen molar-refractivity contribution in [3.8, 4) is 5.75 Å². The molecule has 11 heteroatoms. The molecule has 1 saturated heterocycles. The van der Waals surface area contributed by atoms with Crippen molar-refractivity contribution in [3.63, 3.8) is 0 Å². The SMILES string of the molecule is O=C(COc1ccc(Cl)cc1Cl)N/N=C\c1ccc(N2CCOCC2)c([N+](=O)[O-])c1. The van der Waals surface area contributed by atoms with Gasteiger partial charge in [-0.1, -0.05) is 29.3 Å². The molecule has 0 bridgehead atoms. The molecular weight excluding hydrogens is 435 g/mol. The zero-order chi connectivity index (χ0) is 21.5. The molecule has 1 fully saturated rings. The van der Waals surface area contributed by atoms with Gasteiger partial charge in [0.25, 0.3) is 11.6 Å². The minimum absolute atomic E-state index is 0.0344. The van der Waals surface area contributed by atoms with E-state index in [9.17, 15) is 14.9 Å². The number of halogens is 2. The highest BCUT2D eigenvalue weighted by molar-refractivity contribution is 6.35. The van der Waals surface area contributed by atoms with Gasteiger partial charge in [0, 0.05) is 29.7 Å². The summed E-state index contributed by atoms with van der Waals surface area (Å²) in [5.41, 5.74) is 3.26. The maximum absolute atomic E-state index is 11.9. The Kier molecular flexibility index (Phi) is 7.45. The number of rotatable bonds is 7. The quantitative estimate of drug-likeness (QED) is 0.392. The maximum atomic E-state index is 11.9. The van der Waals surface area contributed by atoms with Crippen LogP contribution in [0.4, 0.5) is 11.4 Å². The van der Waals surface area contributed by atoms with Crippen LogP contribution in [-0.2, 0) is 9.53 Å². The first kappa shape index (κ1) is 21.8. The molecule has 0 radical (unpaired) electrons. The van der Waals surface area contributed by atoms with E-state index in [-0.39, 0.29) is 17.3 Å². The third-order valence-corrected chi connectivity index (χ3v) is 4.73. The van der Waals surface area contributed by atoms with Crippen molar-refractivity contribution in [1.29, 1.82) is 0 Å². The summed E-state index contributed by atoms with van der Waals surface area (Å²) >= 11 is 11.8. The molecule has 2 aromatic carbocycles. The van der Waals surface area contributed by atoms with Crippen LogP contribution < -0.4 is 15.1 Å². The minimum Gasteiger partial charge on any atom is -0.482 e. The van der Waals surface area contributed by atoms with Crippen LogP contribution in [0.3, 0.4) is 0 Å². The fourth-order valence-corrected chi connectivity index (χ4v) is 3.25. The first-order valence-corrected chi connectivity index (χ1v) is 9.70. The molecule has 3 rings (SSSR count). The fraction of sp³-hybridized carbons (Fsp3) is 0.263. The molecule has 0 aliphatic carbocycles. The Hall–Kier alpha value is -2.88. The average molecular weight is 453 g/mol. The number of ether oxygens (including phenoxy) is 2. The van der Waals surface area contributed by atoms with Crippen LogP contribution in [0.15, 0.2) is 41.5 Å². The van der Waals surface area contributed by atoms with Crippen molar-refractivity contribution in [2.24, 2.45) is 5.10 Å². The topological polar surface area (TPSA) is 106 Å². The molecule has 1 amide bonds. The number of carbonyl (C=O) groups excluding carboxylic acids is 1. The number of anilines is 1. The molecule has 1 aliphatic rings. The summed E-state index contributed by atoms with van der Waals surface area (Å²) in [7, 11) is 0. The van der Waals surface area contributed by atoms with E-state index in [1.807, 2.05) is 4.90 Å². The summed E-state index contributed by atoms with van der Waals surface area (Å²) in [5, 5.41) is 16.0. The van der Waals surface area contributed by atoms with Gasteiger partial charge in [-0.3, -0.25) is 14.9 Å². The Balaban J connectivity index is 1.59. The van der Waals surface area contributed by atoms with Gasteiger partial charge in [0.2, 0.25) is 0 Å². The van der Waals surface area contributed by atoms with Gasteiger partial charge in [-0.05, 0) is 24.3 Å². The van der Waals surface area contributed by atoms with Crippen LogP contribution in [0.2, 0.25) is 10.0 Å². The Morgan fingerprint density at radius 3 is 2.73 bits per heavy atom. The van der Waals surface area contributed by atoms with E-state index >= 15 is 0 Å². The molecule has 1 heterocycles. The molecule has 30 heavy (non-hydrogen) atoms. The maximum Gasteiger partial charge on any atom is 0.293 e. The van der Waals surface area contributed by atoms with Gasteiger partial charge in [0.1, 0.15) is 11.4 Å². The number of hydrogen-bond donors (Lipinski definition) is 1. The zero-order valence-corrected chi connectivity index (χ0v) is 17.2. The Bertz CT molecular complexity index is 964. The number of hydrazone groups is 1. The van der Waals surface area contributed by atoms with Crippen molar-refractivity contribution in [1.82, 2.24) is 5.43 Å². The molecule has 0 saturated carbocycles. The predicted molar refractivity (Wildman–Crippen MR) is 114 cm³/mol. The molecule has 0 aromatic heterocycles. The molecule has 1 N–H and O–H groups in total. The van der Waals surface area contributed by atoms with Gasteiger partial charge < -0.3 is 14.4 Å². The van der Waals surface area contributed by atoms with Crippen LogP contribution in [0.1, 0.15) is 5.56 Å². The van der Waals surface area contributed by atoms with Gasteiger partial charge in [-0.2, -0.15) is 5.10 Å². The van der Waals surface area contributed by atoms with Gasteiger partial charge in [-0.25, -0.2) is 5.43 Å². The van der Waals surface area contributed by atoms with Crippen LogP contribution >= 0.6 is 23.2 Å². The lowest BCUT2D eigenvalue weighted by Crippen LogP contribution is -2.36. The Morgan fingerprint density at radius 2 is 2.03 bits per heavy atom. The molecule has 9 nitrogen and oxygen atoms in total. The van der Waals surface area contributed by atoms with Crippen molar-refractivity contribution in [2.45, 2.75) is 0 Å². The number of carbonyl (C=O) groups is 1. The lowest BCUT2D eigenvalue weighted by molar-refractivity contribution is -0.384. The van der Waals surface area contributed by atoms with Crippen molar-refractivity contribution in [2.75, 3.05) is 37.8 Å². The summed E-state index contributed by atoms with van der Waals surface area (Å²) in [6, 6.07) is 9.41. The summed E-state index contributed by atoms with van der Waals surface area (Å²) in [4.78, 5) is 24.8. The number of nitro groups is 1. The number of amides is 1. The van der Waals surface area contributed by atoms with Gasteiger partial charge in [-0.15, -0.1) is 0 Å². The smallest absolute Gasteiger partial charge is 0.293 e. The Morgan fingerprint density at radius 1 is 1.27 bits per heavy atom. The summed E-state index contributed by atoms with van der Waals surface area (Å²) in [6.45, 7) is 1.91. The second-order valence-corrected chi connectivity index (χ2v) is 7.10. The third-order valence-electron chi connectivity index (χ3n) is 4.20. The molecule has 158 valence electrons. The predicted octanol–water partition coefficient (Wildman–Crippen LogP) is 3.27. The minimum atomic E-state index is -0.517. The Labute approximate surface area is 182 Å². The lowest BCUT2D eigenvalue weighted by Gasteiger charge is -2.28. The number of nitrogens with zero attached hydrogens (tertiary/aromatic N) is 3. The second-order valence-electron chi connectivity index (χ2n) is 6.26. The standard InChI is InChI=1S/C19H18Cl2N4O5/c20-14-2-4-18(15(21)10-14)30-12-19(26)23-22-11-13-1-3-16(17(9-13)25(27)28)24-5-7-29-8-6-24/h1-4,9-11H,5-8,12H2,(H,23,26)/b22-11-. The third kappa shape index (κ3) is 5.82.